The number of hydrogen-bond acceptors (Lipinski definition) is 0. The summed E-state index contributed by atoms with van der Waals surface area (Å²) in [5, 5.41) is 0. The van der Waals surface area contributed by atoms with E-state index in [0.29, 0.717) is 0 Å². The van der Waals surface area contributed by atoms with Crippen LogP contribution in [-0.4, -0.2) is 10.7 Å². The first-order valence-electron chi connectivity index (χ1n) is 17.5. The standard InChI is InChI=1S/C41H58N2/c1-4-7-10-12-14-15-16-17-19-22-27-38-28-23-24-29-40(38)41(39-32-30-36(31-33-39)25-20-9-6-3)34-37(35-43-42)26-21-18-13-11-8-5-2/h23-24,28-34H,4-15,18-22,25-27H2,1-3H3. The van der Waals surface area contributed by atoms with Gasteiger partial charge in [-0.1, -0.05) is 140 Å². The van der Waals surface area contributed by atoms with Crippen LogP contribution in [-0.2, 0) is 12.8 Å². The van der Waals surface area contributed by atoms with Crippen LogP contribution in [0.4, 0.5) is 0 Å². The van der Waals surface area contributed by atoms with Gasteiger partial charge in [-0.05, 0) is 78.8 Å². The molecule has 0 aliphatic rings. The highest BCUT2D eigenvalue weighted by atomic mass is 14.8. The van der Waals surface area contributed by atoms with E-state index in [2.05, 4.69) is 97.9 Å². The van der Waals surface area contributed by atoms with Gasteiger partial charge in [-0.15, -0.1) is 16.6 Å². The molecular weight excluding hydrogens is 520 g/mol. The molecule has 2 aromatic carbocycles. The van der Waals surface area contributed by atoms with E-state index in [1.165, 1.54) is 111 Å². The highest BCUT2D eigenvalue weighted by Crippen LogP contribution is 2.30. The third kappa shape index (κ3) is 15.8. The number of benzene rings is 2. The molecule has 2 heteroatoms. The normalized spacial score (nSPS) is 11.0. The third-order valence-corrected chi connectivity index (χ3v) is 8.23. The molecule has 0 aromatic heterocycles. The lowest BCUT2D eigenvalue weighted by molar-refractivity contribution is 0.00746. The number of rotatable bonds is 22. The van der Waals surface area contributed by atoms with Crippen molar-refractivity contribution in [3.8, 4) is 11.8 Å². The van der Waals surface area contributed by atoms with E-state index in [1.807, 2.05) is 0 Å². The van der Waals surface area contributed by atoms with E-state index in [-0.39, 0.29) is 0 Å². The van der Waals surface area contributed by atoms with Crippen LogP contribution in [0.25, 0.3) is 11.1 Å². The molecule has 0 heterocycles. The average Bonchev–Trinajstić information content (AvgIpc) is 3.03. The Bertz CT molecular complexity index is 1190. The van der Waals surface area contributed by atoms with Gasteiger partial charge in [0.2, 0.25) is 0 Å². The quantitative estimate of drug-likeness (QED) is 0.0333. The van der Waals surface area contributed by atoms with E-state index in [4.69, 9.17) is 0 Å². The summed E-state index contributed by atoms with van der Waals surface area (Å²) >= 11 is 0. The fourth-order valence-electron chi connectivity index (χ4n) is 5.60. The summed E-state index contributed by atoms with van der Waals surface area (Å²) in [6.45, 7) is 6.77. The molecule has 0 radical (unpaired) electrons. The van der Waals surface area contributed by atoms with Crippen molar-refractivity contribution < 1.29 is 4.79 Å². The fraction of sp³-hybridized carbons (Fsp3) is 0.561. The van der Waals surface area contributed by atoms with E-state index in [0.717, 1.165) is 50.5 Å². The Morgan fingerprint density at radius 1 is 0.651 bits per heavy atom. The van der Waals surface area contributed by atoms with Crippen LogP contribution in [0.5, 0.6) is 0 Å². The monoisotopic (exact) mass is 578 g/mol. The van der Waals surface area contributed by atoms with Crippen molar-refractivity contribution >= 4 is 11.4 Å². The Hall–Kier alpha value is -3.10. The van der Waals surface area contributed by atoms with Gasteiger partial charge in [0.1, 0.15) is 0 Å². The van der Waals surface area contributed by atoms with Crippen molar-refractivity contribution in [3.63, 3.8) is 0 Å². The van der Waals surface area contributed by atoms with E-state index < -0.39 is 0 Å². The first kappa shape index (κ1) is 36.1. The summed E-state index contributed by atoms with van der Waals surface area (Å²) < 4.78 is 0. The van der Waals surface area contributed by atoms with E-state index >= 15 is 0 Å². The number of unbranched alkanes of at least 4 members (excludes halogenated alkanes) is 13. The van der Waals surface area contributed by atoms with E-state index in [9.17, 15) is 5.53 Å². The van der Waals surface area contributed by atoms with Crippen LogP contribution in [0.2, 0.25) is 0 Å². The Kier molecular flexibility index (Phi) is 20.4. The van der Waals surface area contributed by atoms with Gasteiger partial charge >= 0.3 is 5.87 Å². The molecule has 0 bridgehead atoms. The summed E-state index contributed by atoms with van der Waals surface area (Å²) in [6, 6.07) is 17.9. The van der Waals surface area contributed by atoms with Crippen molar-refractivity contribution in [2.75, 3.05) is 0 Å². The summed E-state index contributed by atoms with van der Waals surface area (Å²) in [5.74, 6) is 9.74. The zero-order valence-corrected chi connectivity index (χ0v) is 27.7. The molecule has 0 saturated carbocycles. The molecule has 0 amide bonds. The van der Waals surface area contributed by atoms with Gasteiger partial charge in [-0.25, -0.2) is 0 Å². The van der Waals surface area contributed by atoms with Gasteiger partial charge in [-0.2, -0.15) is 0 Å². The molecule has 0 atom stereocenters. The fourth-order valence-corrected chi connectivity index (χ4v) is 5.60. The first-order valence-corrected chi connectivity index (χ1v) is 17.5. The molecule has 0 spiro atoms. The number of aryl methyl sites for hydroxylation is 2. The second-order valence-corrected chi connectivity index (χ2v) is 12.0. The van der Waals surface area contributed by atoms with Crippen molar-refractivity contribution in [1.82, 2.24) is 0 Å². The van der Waals surface area contributed by atoms with Gasteiger partial charge in [0.15, 0.2) is 0 Å². The maximum atomic E-state index is 9.47. The predicted octanol–water partition coefficient (Wildman–Crippen LogP) is 12.1. The molecule has 0 fully saturated rings. The molecule has 232 valence electrons. The lowest BCUT2D eigenvalue weighted by Crippen LogP contribution is -1.98. The zero-order chi connectivity index (χ0) is 30.8. The Morgan fingerprint density at radius 3 is 1.95 bits per heavy atom. The van der Waals surface area contributed by atoms with Crippen molar-refractivity contribution in [2.24, 2.45) is 0 Å². The third-order valence-electron chi connectivity index (χ3n) is 8.23. The molecule has 0 aliphatic carbocycles. The second-order valence-electron chi connectivity index (χ2n) is 12.0. The topological polar surface area (TPSA) is 36.4 Å². The van der Waals surface area contributed by atoms with Crippen molar-refractivity contribution in [3.05, 3.63) is 88.0 Å². The maximum Gasteiger partial charge on any atom is 0.303 e. The number of hydrogen-bond donors (Lipinski definition) is 0. The lowest BCUT2D eigenvalue weighted by atomic mass is 9.89. The molecule has 0 aliphatic heterocycles. The van der Waals surface area contributed by atoms with Crippen LogP contribution in [0, 0.1) is 11.8 Å². The van der Waals surface area contributed by atoms with Crippen LogP contribution in [0.15, 0.2) is 60.2 Å². The van der Waals surface area contributed by atoms with Crippen LogP contribution >= 0.6 is 0 Å². The summed E-state index contributed by atoms with van der Waals surface area (Å²) in [7, 11) is 0. The summed E-state index contributed by atoms with van der Waals surface area (Å²) in [4.78, 5) is 3.34. The highest BCUT2D eigenvalue weighted by Gasteiger charge is 2.12. The van der Waals surface area contributed by atoms with Crippen LogP contribution < -0.4 is 0 Å². The van der Waals surface area contributed by atoms with Gasteiger partial charge in [0.05, 0.1) is 5.57 Å². The molecule has 0 unspecified atom stereocenters. The minimum absolute atomic E-state index is 0.866. The minimum Gasteiger partial charge on any atom is -0.348 e. The second kappa shape index (κ2) is 24.4. The smallest absolute Gasteiger partial charge is 0.303 e. The van der Waals surface area contributed by atoms with Gasteiger partial charge < -0.3 is 5.53 Å². The molecule has 0 N–H and O–H groups in total. The molecule has 2 nitrogen and oxygen atoms in total. The molecule has 2 rings (SSSR count). The van der Waals surface area contributed by atoms with Crippen molar-refractivity contribution in [2.45, 2.75) is 149 Å². The predicted molar refractivity (Wildman–Crippen MR) is 187 cm³/mol. The average molecular weight is 579 g/mol. The van der Waals surface area contributed by atoms with Gasteiger partial charge in [0.25, 0.3) is 0 Å². The Balaban J connectivity index is 2.23. The number of allylic oxidation sites excluding steroid dienone is 2. The maximum absolute atomic E-state index is 9.47. The lowest BCUT2D eigenvalue weighted by Gasteiger charge is -2.15. The van der Waals surface area contributed by atoms with Crippen LogP contribution in [0.3, 0.4) is 0 Å². The first-order chi connectivity index (χ1) is 21.2. The van der Waals surface area contributed by atoms with Crippen molar-refractivity contribution in [1.29, 1.82) is 0 Å². The van der Waals surface area contributed by atoms with Gasteiger partial charge in [-0.3, -0.25) is 0 Å². The molecular formula is C41H58N2. The Labute approximate surface area is 264 Å². The summed E-state index contributed by atoms with van der Waals surface area (Å²) in [5.41, 5.74) is 16.8. The minimum atomic E-state index is 0.866. The molecule has 43 heavy (non-hydrogen) atoms. The largest absolute Gasteiger partial charge is 0.348 e. The highest BCUT2D eigenvalue weighted by molar-refractivity contribution is 5.84. The van der Waals surface area contributed by atoms with Gasteiger partial charge in [0, 0.05) is 12.8 Å². The molecule has 2 aromatic rings. The van der Waals surface area contributed by atoms with E-state index in [1.54, 1.807) is 0 Å². The number of nitrogens with zero attached hydrogens (tertiary/aromatic N) is 2. The summed E-state index contributed by atoms with van der Waals surface area (Å²) in [6.07, 6.45) is 25.9. The van der Waals surface area contributed by atoms with Crippen LogP contribution in [0.1, 0.15) is 159 Å². The SMILES string of the molecule is CCCCCCCC#CCCCc1ccccc1C(=CC(=C=[N+]=[N-])CCCCCCCC)c1ccc(CCCCC)cc1. The molecule has 0 saturated heterocycles. The Morgan fingerprint density at radius 2 is 1.26 bits per heavy atom. The zero-order valence-electron chi connectivity index (χ0n) is 27.7.